The average Bonchev–Trinajstić information content (AvgIpc) is 3.79. The maximum atomic E-state index is 13.7. The Kier molecular flexibility index (Phi) is 11.6. The van der Waals surface area contributed by atoms with E-state index in [0.29, 0.717) is 16.4 Å². The van der Waals surface area contributed by atoms with E-state index in [9.17, 15) is 24.0 Å². The number of hydrogen-bond donors (Lipinski definition) is 3. The van der Waals surface area contributed by atoms with E-state index in [1.54, 1.807) is 17.7 Å². The van der Waals surface area contributed by atoms with Crippen LogP contribution in [0.25, 0.3) is 0 Å². The molecule has 2 aromatic heterocycles. The summed E-state index contributed by atoms with van der Waals surface area (Å²) in [5.41, 5.74) is 2.05. The van der Waals surface area contributed by atoms with Gasteiger partial charge in [0.2, 0.25) is 11.8 Å². The molecule has 1 aliphatic rings. The fourth-order valence-electron chi connectivity index (χ4n) is 5.22. The molecule has 4 amide bonds. The van der Waals surface area contributed by atoms with Gasteiger partial charge in [-0.2, -0.15) is 0 Å². The maximum absolute atomic E-state index is 13.7. The van der Waals surface area contributed by atoms with E-state index in [-0.39, 0.29) is 49.6 Å². The van der Waals surface area contributed by atoms with Gasteiger partial charge in [0.15, 0.2) is 0 Å². The van der Waals surface area contributed by atoms with Crippen molar-refractivity contribution in [2.24, 2.45) is 0 Å². The average molecular weight is 689 g/mol. The third-order valence-corrected chi connectivity index (χ3v) is 9.73. The molecule has 3 atom stereocenters. The highest BCUT2D eigenvalue weighted by Crippen LogP contribution is 2.25. The summed E-state index contributed by atoms with van der Waals surface area (Å²) < 4.78 is 4.70. The van der Waals surface area contributed by atoms with Gasteiger partial charge in [-0.3, -0.25) is 24.0 Å². The Hall–Kier alpha value is -4.95. The van der Waals surface area contributed by atoms with Crippen LogP contribution < -0.4 is 16.0 Å². The number of benzene rings is 2. The number of thiazole rings is 2. The zero-order valence-electron chi connectivity index (χ0n) is 26.5. The summed E-state index contributed by atoms with van der Waals surface area (Å²) in [4.78, 5) is 76.2. The highest BCUT2D eigenvalue weighted by atomic mass is 32.1. The third kappa shape index (κ3) is 9.10. The number of carbonyl (C=O) groups excluding carboxylic acids is 5. The highest BCUT2D eigenvalue weighted by molar-refractivity contribution is 7.10. The molecule has 0 saturated carbocycles. The van der Waals surface area contributed by atoms with Crippen molar-refractivity contribution in [2.75, 3.05) is 20.2 Å². The molecule has 3 N–H and O–H groups in total. The van der Waals surface area contributed by atoms with E-state index in [4.69, 9.17) is 4.74 Å². The molecule has 48 heavy (non-hydrogen) atoms. The van der Waals surface area contributed by atoms with Crippen LogP contribution in [-0.4, -0.2) is 64.7 Å². The fraction of sp³-hybridized carbons (Fsp3) is 0.324. The third-order valence-electron chi connectivity index (χ3n) is 7.74. The second-order valence-corrected chi connectivity index (χ2v) is 13.1. The number of amides is 4. The summed E-state index contributed by atoms with van der Waals surface area (Å²) in [6.45, 7) is 1.43. The second-order valence-electron chi connectivity index (χ2n) is 11.3. The number of rotatable bonds is 7. The topological polar surface area (TPSA) is 160 Å². The van der Waals surface area contributed by atoms with Crippen molar-refractivity contribution in [3.05, 3.63) is 104 Å². The quantitative estimate of drug-likeness (QED) is 0.244. The Morgan fingerprint density at radius 2 is 1.48 bits per heavy atom. The largest absolute Gasteiger partial charge is 0.469 e. The zero-order chi connectivity index (χ0) is 34.0. The molecule has 0 radical (unpaired) electrons. The van der Waals surface area contributed by atoms with Gasteiger partial charge in [0.05, 0.1) is 31.8 Å². The number of esters is 1. The predicted octanol–water partition coefficient (Wildman–Crippen LogP) is 4.15. The van der Waals surface area contributed by atoms with Crippen molar-refractivity contribution >= 4 is 52.3 Å². The number of methoxy groups -OCH3 is 1. The minimum Gasteiger partial charge on any atom is -0.469 e. The molecular formula is C34H36N6O6S2. The van der Waals surface area contributed by atoms with Crippen LogP contribution in [-0.2, 0) is 25.5 Å². The molecule has 0 unspecified atom stereocenters. The number of carbonyl (C=O) groups is 5. The molecule has 14 heteroatoms. The molecule has 0 aliphatic carbocycles. The first-order valence-corrected chi connectivity index (χ1v) is 17.2. The van der Waals surface area contributed by atoms with E-state index >= 15 is 0 Å². The van der Waals surface area contributed by atoms with Crippen LogP contribution in [0.1, 0.15) is 86.4 Å². The van der Waals surface area contributed by atoms with Gasteiger partial charge in [-0.15, -0.1) is 22.7 Å². The summed E-state index contributed by atoms with van der Waals surface area (Å²) in [6.07, 6.45) is 0.717. The van der Waals surface area contributed by atoms with Crippen LogP contribution in [0.15, 0.2) is 71.4 Å². The van der Waals surface area contributed by atoms with Gasteiger partial charge in [0.25, 0.3) is 11.8 Å². The van der Waals surface area contributed by atoms with Crippen LogP contribution in [0.2, 0.25) is 0 Å². The van der Waals surface area contributed by atoms with Crippen molar-refractivity contribution < 1.29 is 28.7 Å². The van der Waals surface area contributed by atoms with E-state index in [0.717, 1.165) is 11.1 Å². The van der Waals surface area contributed by atoms with E-state index < -0.39 is 41.8 Å². The molecule has 2 aromatic carbocycles. The van der Waals surface area contributed by atoms with Crippen LogP contribution >= 0.6 is 22.7 Å². The molecule has 5 rings (SSSR count). The smallest absolute Gasteiger partial charge is 0.305 e. The van der Waals surface area contributed by atoms with Crippen molar-refractivity contribution in [3.63, 3.8) is 0 Å². The van der Waals surface area contributed by atoms with Crippen LogP contribution in [0.3, 0.4) is 0 Å². The number of nitrogens with zero attached hydrogens (tertiary/aromatic N) is 3. The number of fused-ring (bicyclic) bond motifs is 4. The molecule has 12 nitrogen and oxygen atoms in total. The van der Waals surface area contributed by atoms with Gasteiger partial charge in [-0.1, -0.05) is 60.7 Å². The fourth-order valence-corrected chi connectivity index (χ4v) is 6.87. The van der Waals surface area contributed by atoms with Crippen LogP contribution in [0, 0.1) is 0 Å². The highest BCUT2D eigenvalue weighted by Gasteiger charge is 2.28. The van der Waals surface area contributed by atoms with Crippen LogP contribution in [0.4, 0.5) is 0 Å². The van der Waals surface area contributed by atoms with E-state index in [1.165, 1.54) is 34.7 Å². The first-order chi connectivity index (χ1) is 23.2. The number of nitrogens with one attached hydrogen (secondary N) is 3. The first-order valence-electron chi connectivity index (χ1n) is 15.5. The lowest BCUT2D eigenvalue weighted by Gasteiger charge is -2.29. The molecule has 0 fully saturated rings. The van der Waals surface area contributed by atoms with Gasteiger partial charge < -0.3 is 25.6 Å². The molecular weight excluding hydrogens is 653 g/mol. The number of ether oxygens (including phenoxy) is 1. The number of aromatic nitrogens is 2. The van der Waals surface area contributed by atoms with Gasteiger partial charge in [-0.25, -0.2) is 9.97 Å². The van der Waals surface area contributed by atoms with Crippen LogP contribution in [0.5, 0.6) is 0 Å². The summed E-state index contributed by atoms with van der Waals surface area (Å²) >= 11 is 2.50. The monoisotopic (exact) mass is 688 g/mol. The van der Waals surface area contributed by atoms with Crippen molar-refractivity contribution in [1.29, 1.82) is 0 Å². The van der Waals surface area contributed by atoms with E-state index in [2.05, 4.69) is 25.9 Å². The van der Waals surface area contributed by atoms with Gasteiger partial charge in [0, 0.05) is 30.1 Å². The summed E-state index contributed by atoms with van der Waals surface area (Å²) in [5.74, 6) is -2.13. The molecule has 4 aromatic rings. The molecule has 0 spiro atoms. The Bertz CT molecular complexity index is 1740. The predicted molar refractivity (Wildman–Crippen MR) is 180 cm³/mol. The Morgan fingerprint density at radius 1 is 0.854 bits per heavy atom. The Labute approximate surface area is 285 Å². The minimum absolute atomic E-state index is 0.00338. The first kappa shape index (κ1) is 34.4. The molecule has 250 valence electrons. The summed E-state index contributed by atoms with van der Waals surface area (Å²) in [7, 11) is 1.28. The van der Waals surface area contributed by atoms with Crippen molar-refractivity contribution in [3.8, 4) is 0 Å². The number of hydrogen-bond acceptors (Lipinski definition) is 10. The lowest BCUT2D eigenvalue weighted by atomic mass is 10.1. The minimum atomic E-state index is -0.696. The van der Waals surface area contributed by atoms with Gasteiger partial charge in [-0.05, 0) is 30.9 Å². The normalized spacial score (nSPS) is 18.9. The SMILES string of the molecule is COC(=O)CCCC(=O)N1CC(=O)N[C@@H](C)c2nc(cs2)C(=O)N[C@H](Cc2ccccc2)c2nc(cs2)C(=O)N[C@H](c2ccccc2)C1. The zero-order valence-corrected chi connectivity index (χ0v) is 28.1. The summed E-state index contributed by atoms with van der Waals surface area (Å²) in [5, 5.41) is 13.3. The lowest BCUT2D eigenvalue weighted by molar-refractivity contribution is -0.141. The van der Waals surface area contributed by atoms with Gasteiger partial charge in [0.1, 0.15) is 21.4 Å². The Morgan fingerprint density at radius 3 is 2.17 bits per heavy atom. The lowest BCUT2D eigenvalue weighted by Crippen LogP contribution is -2.46. The van der Waals surface area contributed by atoms with Crippen molar-refractivity contribution in [1.82, 2.24) is 30.8 Å². The second kappa shape index (κ2) is 16.2. The molecule has 0 saturated heterocycles. The van der Waals surface area contributed by atoms with E-state index in [1.807, 2.05) is 60.7 Å². The summed E-state index contributed by atoms with van der Waals surface area (Å²) in [6, 6.07) is 17.0. The van der Waals surface area contributed by atoms with Gasteiger partial charge >= 0.3 is 5.97 Å². The maximum Gasteiger partial charge on any atom is 0.305 e. The molecule has 3 heterocycles. The standard InChI is InChI=1S/C34H36N6O6S2/c1-21-33-38-26(19-47-33)31(44)36-24(16-22-10-5-3-6-11-22)34-39-27(20-48-34)32(45)37-25(23-12-7-4-8-13-23)17-40(18-28(41)35-21)29(42)14-9-15-30(43)46-2/h3-8,10-13,19-21,24-25H,9,14-18H2,1-2H3,(H,35,41)(H,36,44)(H,37,45)/t21-,24+,25-/m0/s1. The van der Waals surface area contributed by atoms with Crippen molar-refractivity contribution in [2.45, 2.75) is 50.7 Å². The molecule has 4 bridgehead atoms. The Balaban J connectivity index is 1.49. The molecule has 1 aliphatic heterocycles.